The zero-order valence-corrected chi connectivity index (χ0v) is 10.3. The summed E-state index contributed by atoms with van der Waals surface area (Å²) in [5, 5.41) is 0. The van der Waals surface area contributed by atoms with Crippen LogP contribution in [0.2, 0.25) is 0 Å². The minimum Gasteiger partial charge on any atom is -0.462 e. The summed E-state index contributed by atoms with van der Waals surface area (Å²) in [6, 6.07) is 10.2. The van der Waals surface area contributed by atoms with Gasteiger partial charge in [-0.15, -0.1) is 0 Å². The van der Waals surface area contributed by atoms with Crippen molar-refractivity contribution in [2.45, 2.75) is 39.7 Å². The number of hydrogen-bond donors (Lipinski definition) is 0. The van der Waals surface area contributed by atoms with Crippen molar-refractivity contribution in [3.05, 3.63) is 35.9 Å². The van der Waals surface area contributed by atoms with E-state index >= 15 is 0 Å². The third kappa shape index (κ3) is 4.47. The van der Waals surface area contributed by atoms with Crippen LogP contribution in [0, 0.1) is 5.92 Å². The highest BCUT2D eigenvalue weighted by molar-refractivity contribution is 5.71. The molecule has 0 saturated carbocycles. The van der Waals surface area contributed by atoms with E-state index < -0.39 is 0 Å². The fourth-order valence-corrected chi connectivity index (χ4v) is 1.41. The average Bonchev–Trinajstić information content (AvgIpc) is 2.27. The van der Waals surface area contributed by atoms with E-state index in [4.69, 9.17) is 4.74 Å². The summed E-state index contributed by atoms with van der Waals surface area (Å²) in [5.41, 5.74) is 1.29. The molecule has 0 N–H and O–H groups in total. The fourth-order valence-electron chi connectivity index (χ4n) is 1.41. The van der Waals surface area contributed by atoms with Gasteiger partial charge < -0.3 is 4.74 Å². The molecule has 0 aliphatic heterocycles. The molecule has 0 fully saturated rings. The highest BCUT2D eigenvalue weighted by Crippen LogP contribution is 2.09. The SMILES string of the molecule is CC(C)C(=O)O[C@H](C)CCc1ccccc1. The van der Waals surface area contributed by atoms with Crippen molar-refractivity contribution in [1.82, 2.24) is 0 Å². The Hall–Kier alpha value is -1.31. The van der Waals surface area contributed by atoms with E-state index in [1.54, 1.807) is 0 Å². The van der Waals surface area contributed by atoms with Gasteiger partial charge in [0.2, 0.25) is 0 Å². The first-order valence-corrected chi connectivity index (χ1v) is 5.84. The normalized spacial score (nSPS) is 12.5. The van der Waals surface area contributed by atoms with Gasteiger partial charge in [0, 0.05) is 0 Å². The maximum atomic E-state index is 11.3. The first-order chi connectivity index (χ1) is 7.59. The van der Waals surface area contributed by atoms with Crippen LogP contribution in [0.4, 0.5) is 0 Å². The Morgan fingerprint density at radius 3 is 2.38 bits per heavy atom. The monoisotopic (exact) mass is 220 g/mol. The third-order valence-electron chi connectivity index (χ3n) is 2.47. The molecular formula is C14H20O2. The van der Waals surface area contributed by atoms with Gasteiger partial charge in [-0.25, -0.2) is 0 Å². The van der Waals surface area contributed by atoms with Crippen LogP contribution < -0.4 is 0 Å². The lowest BCUT2D eigenvalue weighted by Gasteiger charge is -2.14. The molecule has 2 heteroatoms. The molecule has 2 nitrogen and oxygen atoms in total. The van der Waals surface area contributed by atoms with Crippen molar-refractivity contribution < 1.29 is 9.53 Å². The number of benzene rings is 1. The summed E-state index contributed by atoms with van der Waals surface area (Å²) in [6.07, 6.45) is 1.82. The van der Waals surface area contributed by atoms with Gasteiger partial charge in [0.25, 0.3) is 0 Å². The van der Waals surface area contributed by atoms with E-state index in [2.05, 4.69) is 12.1 Å². The fraction of sp³-hybridized carbons (Fsp3) is 0.500. The summed E-state index contributed by atoms with van der Waals surface area (Å²) < 4.78 is 5.29. The van der Waals surface area contributed by atoms with Gasteiger partial charge in [0.1, 0.15) is 0 Å². The van der Waals surface area contributed by atoms with Gasteiger partial charge in [0.15, 0.2) is 0 Å². The van der Waals surface area contributed by atoms with Gasteiger partial charge in [-0.1, -0.05) is 44.2 Å². The quantitative estimate of drug-likeness (QED) is 0.712. The van der Waals surface area contributed by atoms with Crippen LogP contribution in [0.5, 0.6) is 0 Å². The van der Waals surface area contributed by atoms with Gasteiger partial charge in [-0.05, 0) is 25.3 Å². The Morgan fingerprint density at radius 2 is 1.81 bits per heavy atom. The second-order valence-corrected chi connectivity index (χ2v) is 4.43. The molecule has 1 atom stereocenters. The number of ether oxygens (including phenoxy) is 1. The van der Waals surface area contributed by atoms with Crippen LogP contribution >= 0.6 is 0 Å². The molecule has 88 valence electrons. The number of carbonyl (C=O) groups excluding carboxylic acids is 1. The Bertz CT molecular complexity index is 317. The minimum atomic E-state index is -0.111. The number of aryl methyl sites for hydroxylation is 1. The van der Waals surface area contributed by atoms with Crippen LogP contribution in [-0.2, 0) is 16.0 Å². The van der Waals surface area contributed by atoms with Crippen molar-refractivity contribution >= 4 is 5.97 Å². The molecule has 0 aliphatic carbocycles. The number of esters is 1. The summed E-state index contributed by atoms with van der Waals surface area (Å²) in [6.45, 7) is 5.65. The first kappa shape index (κ1) is 12.8. The maximum Gasteiger partial charge on any atom is 0.308 e. The van der Waals surface area contributed by atoms with Crippen molar-refractivity contribution in [2.75, 3.05) is 0 Å². The molecule has 0 unspecified atom stereocenters. The Kier molecular flexibility index (Phi) is 5.03. The lowest BCUT2D eigenvalue weighted by atomic mass is 10.1. The van der Waals surface area contributed by atoms with Crippen LogP contribution in [0.3, 0.4) is 0 Å². The number of hydrogen-bond acceptors (Lipinski definition) is 2. The molecule has 0 spiro atoms. The highest BCUT2D eigenvalue weighted by atomic mass is 16.5. The zero-order valence-electron chi connectivity index (χ0n) is 10.3. The van der Waals surface area contributed by atoms with E-state index in [1.165, 1.54) is 5.56 Å². The zero-order chi connectivity index (χ0) is 12.0. The van der Waals surface area contributed by atoms with Gasteiger partial charge >= 0.3 is 5.97 Å². The molecule has 0 radical (unpaired) electrons. The Balaban J connectivity index is 2.30. The molecule has 0 aromatic heterocycles. The van der Waals surface area contributed by atoms with Crippen molar-refractivity contribution in [3.8, 4) is 0 Å². The summed E-state index contributed by atoms with van der Waals surface area (Å²) >= 11 is 0. The van der Waals surface area contributed by atoms with Crippen molar-refractivity contribution in [3.63, 3.8) is 0 Å². The second kappa shape index (κ2) is 6.31. The molecule has 0 heterocycles. The Morgan fingerprint density at radius 1 is 1.19 bits per heavy atom. The summed E-state index contributed by atoms with van der Waals surface area (Å²) in [4.78, 5) is 11.3. The molecule has 1 aromatic rings. The third-order valence-corrected chi connectivity index (χ3v) is 2.47. The minimum absolute atomic E-state index is 0.00453. The molecule has 0 bridgehead atoms. The van der Waals surface area contributed by atoms with E-state index in [9.17, 15) is 4.79 Å². The summed E-state index contributed by atoms with van der Waals surface area (Å²) in [7, 11) is 0. The van der Waals surface area contributed by atoms with Gasteiger partial charge in [-0.3, -0.25) is 4.79 Å². The predicted molar refractivity (Wildman–Crippen MR) is 65.2 cm³/mol. The number of rotatable bonds is 5. The van der Waals surface area contributed by atoms with E-state index in [0.717, 1.165) is 12.8 Å². The highest BCUT2D eigenvalue weighted by Gasteiger charge is 2.12. The van der Waals surface area contributed by atoms with Gasteiger partial charge in [-0.2, -0.15) is 0 Å². The van der Waals surface area contributed by atoms with Crippen LogP contribution in [0.25, 0.3) is 0 Å². The van der Waals surface area contributed by atoms with Crippen molar-refractivity contribution in [2.24, 2.45) is 5.92 Å². The van der Waals surface area contributed by atoms with Gasteiger partial charge in [0.05, 0.1) is 12.0 Å². The van der Waals surface area contributed by atoms with Crippen LogP contribution in [0.15, 0.2) is 30.3 Å². The number of carbonyl (C=O) groups is 1. The van der Waals surface area contributed by atoms with Crippen molar-refractivity contribution in [1.29, 1.82) is 0 Å². The summed E-state index contributed by atoms with van der Waals surface area (Å²) in [5.74, 6) is -0.153. The predicted octanol–water partition coefficient (Wildman–Crippen LogP) is 3.21. The molecule has 1 rings (SSSR count). The molecule has 0 aliphatic rings. The smallest absolute Gasteiger partial charge is 0.308 e. The lowest BCUT2D eigenvalue weighted by molar-refractivity contribution is -0.152. The van der Waals surface area contributed by atoms with Crippen LogP contribution in [-0.4, -0.2) is 12.1 Å². The first-order valence-electron chi connectivity index (χ1n) is 5.84. The molecule has 0 amide bonds. The Labute approximate surface area is 97.6 Å². The average molecular weight is 220 g/mol. The molecular weight excluding hydrogens is 200 g/mol. The maximum absolute atomic E-state index is 11.3. The van der Waals surface area contributed by atoms with E-state index in [1.807, 2.05) is 39.0 Å². The van der Waals surface area contributed by atoms with E-state index in [0.29, 0.717) is 0 Å². The standard InChI is InChI=1S/C14H20O2/c1-11(2)14(15)16-12(3)9-10-13-7-5-4-6-8-13/h4-8,11-12H,9-10H2,1-3H3/t12-/m1/s1. The largest absolute Gasteiger partial charge is 0.462 e. The van der Waals surface area contributed by atoms with Crippen LogP contribution in [0.1, 0.15) is 32.8 Å². The molecule has 0 saturated heterocycles. The topological polar surface area (TPSA) is 26.3 Å². The molecule has 16 heavy (non-hydrogen) atoms. The van der Waals surface area contributed by atoms with E-state index in [-0.39, 0.29) is 18.0 Å². The molecule has 1 aromatic carbocycles. The lowest BCUT2D eigenvalue weighted by Crippen LogP contribution is -2.19. The second-order valence-electron chi connectivity index (χ2n) is 4.43.